The fourth-order valence-corrected chi connectivity index (χ4v) is 4.10. The van der Waals surface area contributed by atoms with Gasteiger partial charge >= 0.3 is 5.97 Å². The zero-order valence-electron chi connectivity index (χ0n) is 13.4. The van der Waals surface area contributed by atoms with Crippen molar-refractivity contribution in [1.29, 1.82) is 0 Å². The third-order valence-corrected chi connectivity index (χ3v) is 5.43. The first-order valence-electron chi connectivity index (χ1n) is 8.51. The second-order valence-electron chi connectivity index (χ2n) is 6.78. The molecule has 1 aliphatic carbocycles. The molecule has 1 N–H and O–H groups in total. The number of hydrogen-bond donors (Lipinski definition) is 1. The van der Waals surface area contributed by atoms with Crippen molar-refractivity contribution >= 4 is 11.9 Å². The fourth-order valence-electron chi connectivity index (χ4n) is 4.10. The highest BCUT2D eigenvalue weighted by molar-refractivity contribution is 5.82. The molecule has 2 saturated heterocycles. The van der Waals surface area contributed by atoms with Gasteiger partial charge in [0.1, 0.15) is 0 Å². The molecule has 3 aliphatic rings. The normalized spacial score (nSPS) is 32.6. The lowest BCUT2D eigenvalue weighted by atomic mass is 9.85. The second kappa shape index (κ2) is 6.96. The predicted molar refractivity (Wildman–Crippen MR) is 82.3 cm³/mol. The number of carbonyl (C=O) groups excluding carboxylic acids is 2. The van der Waals surface area contributed by atoms with E-state index >= 15 is 0 Å². The molecule has 124 valence electrons. The van der Waals surface area contributed by atoms with Crippen LogP contribution in [0.15, 0.2) is 0 Å². The summed E-state index contributed by atoms with van der Waals surface area (Å²) in [6.07, 6.45) is 6.11. The molecule has 6 heteroatoms. The van der Waals surface area contributed by atoms with Gasteiger partial charge in [-0.2, -0.15) is 0 Å². The first-order chi connectivity index (χ1) is 10.7. The molecule has 3 atom stereocenters. The third kappa shape index (κ3) is 3.43. The van der Waals surface area contributed by atoms with Gasteiger partial charge in [0, 0.05) is 32.2 Å². The van der Waals surface area contributed by atoms with Gasteiger partial charge in [-0.25, -0.2) is 0 Å². The number of fused-ring (bicyclic) bond motifs is 1. The summed E-state index contributed by atoms with van der Waals surface area (Å²) in [5.74, 6) is 0.747. The van der Waals surface area contributed by atoms with Crippen molar-refractivity contribution in [3.05, 3.63) is 0 Å². The van der Waals surface area contributed by atoms with Crippen molar-refractivity contribution in [3.63, 3.8) is 0 Å². The molecule has 1 amide bonds. The van der Waals surface area contributed by atoms with Crippen LogP contribution in [0.4, 0.5) is 0 Å². The molecule has 3 rings (SSSR count). The van der Waals surface area contributed by atoms with Crippen LogP contribution in [-0.2, 0) is 14.3 Å². The molecule has 0 radical (unpaired) electrons. The summed E-state index contributed by atoms with van der Waals surface area (Å²) >= 11 is 0. The summed E-state index contributed by atoms with van der Waals surface area (Å²) in [6, 6.07) is 0.573. The number of amides is 1. The van der Waals surface area contributed by atoms with Gasteiger partial charge in [0.2, 0.25) is 5.91 Å². The van der Waals surface area contributed by atoms with Crippen molar-refractivity contribution < 1.29 is 14.3 Å². The van der Waals surface area contributed by atoms with E-state index in [-0.39, 0.29) is 17.9 Å². The summed E-state index contributed by atoms with van der Waals surface area (Å²) in [4.78, 5) is 28.0. The maximum Gasteiger partial charge on any atom is 0.319 e. The first kappa shape index (κ1) is 15.7. The lowest BCUT2D eigenvalue weighted by Gasteiger charge is -2.35. The molecule has 1 saturated carbocycles. The van der Waals surface area contributed by atoms with Crippen LogP contribution >= 0.6 is 0 Å². The predicted octanol–water partition coefficient (Wildman–Crippen LogP) is 0.224. The number of piperazine rings is 1. The molecule has 6 nitrogen and oxygen atoms in total. The minimum Gasteiger partial charge on any atom is -0.468 e. The largest absolute Gasteiger partial charge is 0.468 e. The zero-order valence-corrected chi connectivity index (χ0v) is 13.4. The third-order valence-electron chi connectivity index (χ3n) is 5.43. The van der Waals surface area contributed by atoms with Gasteiger partial charge in [-0.1, -0.05) is 12.8 Å². The quantitative estimate of drug-likeness (QED) is 0.756. The highest BCUT2D eigenvalue weighted by Crippen LogP contribution is 2.33. The maximum absolute atomic E-state index is 12.7. The van der Waals surface area contributed by atoms with Gasteiger partial charge in [-0.15, -0.1) is 0 Å². The summed E-state index contributed by atoms with van der Waals surface area (Å²) < 4.78 is 4.69. The van der Waals surface area contributed by atoms with Crippen LogP contribution in [0, 0.1) is 5.92 Å². The van der Waals surface area contributed by atoms with Crippen LogP contribution in [0.3, 0.4) is 0 Å². The van der Waals surface area contributed by atoms with E-state index in [4.69, 9.17) is 4.74 Å². The lowest BCUT2D eigenvalue weighted by molar-refractivity contribution is -0.143. The SMILES string of the molecule is COC(=O)CN1CCN(C(=O)C2CC3CCCCC3N2)CC1. The van der Waals surface area contributed by atoms with Crippen LogP contribution in [0.5, 0.6) is 0 Å². The van der Waals surface area contributed by atoms with E-state index in [2.05, 4.69) is 10.2 Å². The standard InChI is InChI=1S/C16H27N3O3/c1-22-15(20)11-18-6-8-19(9-7-18)16(21)14-10-12-4-2-3-5-13(12)17-14/h12-14,17H,2-11H2,1H3. The zero-order chi connectivity index (χ0) is 15.5. The minimum absolute atomic E-state index is 0.0141. The highest BCUT2D eigenvalue weighted by atomic mass is 16.5. The van der Waals surface area contributed by atoms with Gasteiger partial charge in [0.15, 0.2) is 0 Å². The van der Waals surface area contributed by atoms with Crippen LogP contribution < -0.4 is 5.32 Å². The number of nitrogens with one attached hydrogen (secondary N) is 1. The average Bonchev–Trinajstić information content (AvgIpc) is 2.98. The smallest absolute Gasteiger partial charge is 0.319 e. The van der Waals surface area contributed by atoms with E-state index in [0.717, 1.165) is 19.5 Å². The minimum atomic E-state index is -0.207. The van der Waals surface area contributed by atoms with Gasteiger partial charge in [-0.05, 0) is 25.2 Å². The van der Waals surface area contributed by atoms with Crippen molar-refractivity contribution in [3.8, 4) is 0 Å². The summed E-state index contributed by atoms with van der Waals surface area (Å²) in [5, 5.41) is 3.56. The van der Waals surface area contributed by atoms with Crippen LogP contribution in [-0.4, -0.2) is 73.6 Å². The van der Waals surface area contributed by atoms with Gasteiger partial charge in [-0.3, -0.25) is 14.5 Å². The molecule has 3 fully saturated rings. The van der Waals surface area contributed by atoms with Gasteiger partial charge in [0.25, 0.3) is 0 Å². The van der Waals surface area contributed by atoms with Crippen LogP contribution in [0.25, 0.3) is 0 Å². The maximum atomic E-state index is 12.7. The van der Waals surface area contributed by atoms with Crippen molar-refractivity contribution in [2.75, 3.05) is 39.8 Å². The fraction of sp³-hybridized carbons (Fsp3) is 0.875. The second-order valence-corrected chi connectivity index (χ2v) is 6.78. The summed E-state index contributed by atoms with van der Waals surface area (Å²) in [5.41, 5.74) is 0. The topological polar surface area (TPSA) is 61.9 Å². The molecule has 22 heavy (non-hydrogen) atoms. The number of methoxy groups -OCH3 is 1. The molecule has 0 aromatic heterocycles. The molecular weight excluding hydrogens is 282 g/mol. The Morgan fingerprint density at radius 1 is 1.14 bits per heavy atom. The van der Waals surface area contributed by atoms with Crippen molar-refractivity contribution in [1.82, 2.24) is 15.1 Å². The Morgan fingerprint density at radius 3 is 2.55 bits per heavy atom. The molecule has 0 spiro atoms. The van der Waals surface area contributed by atoms with Crippen LogP contribution in [0.1, 0.15) is 32.1 Å². The monoisotopic (exact) mass is 309 g/mol. The van der Waals surface area contributed by atoms with Crippen molar-refractivity contribution in [2.45, 2.75) is 44.2 Å². The Bertz CT molecular complexity index is 407. The molecule has 3 unspecified atom stereocenters. The number of esters is 1. The summed E-state index contributed by atoms with van der Waals surface area (Å²) in [6.45, 7) is 3.25. The number of ether oxygens (including phenoxy) is 1. The average molecular weight is 309 g/mol. The molecule has 0 aromatic carbocycles. The number of nitrogens with zero attached hydrogens (tertiary/aromatic N) is 2. The van der Waals surface area contributed by atoms with E-state index in [1.54, 1.807) is 0 Å². The molecule has 2 heterocycles. The lowest BCUT2D eigenvalue weighted by Crippen LogP contribution is -2.54. The number of carbonyl (C=O) groups is 2. The highest BCUT2D eigenvalue weighted by Gasteiger charge is 2.40. The van der Waals surface area contributed by atoms with Gasteiger partial charge < -0.3 is 15.0 Å². The van der Waals surface area contributed by atoms with E-state index in [0.29, 0.717) is 31.6 Å². The first-order valence-corrected chi connectivity index (χ1v) is 8.51. The van der Waals surface area contributed by atoms with E-state index in [9.17, 15) is 9.59 Å². The molecule has 2 aliphatic heterocycles. The summed E-state index contributed by atoms with van der Waals surface area (Å²) in [7, 11) is 1.41. The molecule has 0 aromatic rings. The Kier molecular flexibility index (Phi) is 4.98. The Morgan fingerprint density at radius 2 is 1.86 bits per heavy atom. The molecular formula is C16H27N3O3. The van der Waals surface area contributed by atoms with E-state index < -0.39 is 0 Å². The molecule has 0 bridgehead atoms. The van der Waals surface area contributed by atoms with E-state index in [1.807, 2.05) is 4.90 Å². The number of hydrogen-bond acceptors (Lipinski definition) is 5. The van der Waals surface area contributed by atoms with E-state index in [1.165, 1.54) is 32.8 Å². The number of rotatable bonds is 3. The van der Waals surface area contributed by atoms with Gasteiger partial charge in [0.05, 0.1) is 19.7 Å². The Labute approximate surface area is 132 Å². The Hall–Kier alpha value is -1.14. The van der Waals surface area contributed by atoms with Crippen LogP contribution in [0.2, 0.25) is 0 Å². The van der Waals surface area contributed by atoms with Crippen molar-refractivity contribution in [2.24, 2.45) is 5.92 Å². The Balaban J connectivity index is 1.47.